The molecular formula is C30H18N2. The standard InChI is InChI=1S/C30H18N2/c1-2-9-19(10-3-1)25-16-7-17-26(32-25)27-20-11-4-5-12-21(20)29-28-22(13-6-14-24(27)28)23-15-8-18-31-30(23)29/h1-18H. The summed E-state index contributed by atoms with van der Waals surface area (Å²) < 4.78 is 0. The fourth-order valence-electron chi connectivity index (χ4n) is 5.14. The molecule has 2 aromatic heterocycles. The Balaban J connectivity index is 1.62. The first-order valence-electron chi connectivity index (χ1n) is 10.9. The lowest BCUT2D eigenvalue weighted by Gasteiger charge is -2.15. The van der Waals surface area contributed by atoms with Crippen molar-refractivity contribution in [3.63, 3.8) is 0 Å². The molecule has 6 aromatic rings. The first-order chi connectivity index (χ1) is 15.9. The Morgan fingerprint density at radius 3 is 2.03 bits per heavy atom. The van der Waals surface area contributed by atoms with Crippen LogP contribution in [0.15, 0.2) is 109 Å². The van der Waals surface area contributed by atoms with Crippen LogP contribution in [0.25, 0.3) is 66.4 Å². The molecule has 7 rings (SSSR count). The quantitative estimate of drug-likeness (QED) is 0.274. The average molecular weight is 406 g/mol. The van der Waals surface area contributed by atoms with E-state index in [9.17, 15) is 0 Å². The van der Waals surface area contributed by atoms with E-state index in [0.29, 0.717) is 0 Å². The van der Waals surface area contributed by atoms with Crippen LogP contribution in [-0.4, -0.2) is 9.97 Å². The summed E-state index contributed by atoms with van der Waals surface area (Å²) in [4.78, 5) is 9.92. The normalized spacial score (nSPS) is 11.8. The molecule has 1 aliphatic rings. The number of nitrogens with zero attached hydrogens (tertiary/aromatic N) is 2. The summed E-state index contributed by atoms with van der Waals surface area (Å²) >= 11 is 0. The first kappa shape index (κ1) is 17.4. The third kappa shape index (κ3) is 2.35. The van der Waals surface area contributed by atoms with Crippen LogP contribution in [-0.2, 0) is 0 Å². The van der Waals surface area contributed by atoms with E-state index >= 15 is 0 Å². The minimum absolute atomic E-state index is 0.986. The van der Waals surface area contributed by atoms with E-state index in [0.717, 1.165) is 22.6 Å². The number of hydrogen-bond acceptors (Lipinski definition) is 2. The largest absolute Gasteiger partial charge is 0.256 e. The molecule has 0 atom stereocenters. The summed E-state index contributed by atoms with van der Waals surface area (Å²) in [7, 11) is 0. The van der Waals surface area contributed by atoms with Gasteiger partial charge in [0.2, 0.25) is 0 Å². The van der Waals surface area contributed by atoms with Gasteiger partial charge in [-0.1, -0.05) is 84.9 Å². The lowest BCUT2D eigenvalue weighted by molar-refractivity contribution is 1.33. The van der Waals surface area contributed by atoms with Gasteiger partial charge in [0.25, 0.3) is 0 Å². The van der Waals surface area contributed by atoms with Gasteiger partial charge in [0, 0.05) is 33.8 Å². The van der Waals surface area contributed by atoms with Gasteiger partial charge in [0.15, 0.2) is 0 Å². The highest BCUT2D eigenvalue weighted by atomic mass is 14.7. The number of hydrogen-bond donors (Lipinski definition) is 0. The Morgan fingerprint density at radius 2 is 1.16 bits per heavy atom. The van der Waals surface area contributed by atoms with Crippen molar-refractivity contribution in [2.45, 2.75) is 0 Å². The van der Waals surface area contributed by atoms with Crippen LogP contribution < -0.4 is 0 Å². The molecule has 0 saturated carbocycles. The molecule has 0 fully saturated rings. The van der Waals surface area contributed by atoms with Crippen molar-refractivity contribution >= 4 is 21.5 Å². The molecule has 32 heavy (non-hydrogen) atoms. The minimum Gasteiger partial charge on any atom is -0.256 e. The smallest absolute Gasteiger partial charge is 0.0793 e. The maximum absolute atomic E-state index is 5.13. The molecule has 0 N–H and O–H groups in total. The SMILES string of the molecule is c1ccc(-c2cccc(-c3c4ccccc4c4c5c(cccc35)-c3cccnc3-4)n2)cc1. The molecule has 0 saturated heterocycles. The third-order valence-electron chi connectivity index (χ3n) is 6.46. The zero-order chi connectivity index (χ0) is 21.1. The molecular weight excluding hydrogens is 388 g/mol. The summed E-state index contributed by atoms with van der Waals surface area (Å²) in [6.45, 7) is 0. The second-order valence-electron chi connectivity index (χ2n) is 8.20. The van der Waals surface area contributed by atoms with Gasteiger partial charge in [-0.3, -0.25) is 4.98 Å². The van der Waals surface area contributed by atoms with Crippen molar-refractivity contribution in [2.24, 2.45) is 0 Å². The van der Waals surface area contributed by atoms with Gasteiger partial charge in [-0.05, 0) is 39.9 Å². The average Bonchev–Trinajstić information content (AvgIpc) is 3.21. The van der Waals surface area contributed by atoms with E-state index in [1.54, 1.807) is 0 Å². The highest BCUT2D eigenvalue weighted by Crippen LogP contribution is 2.52. The number of fused-ring (bicyclic) bond motifs is 5. The van der Waals surface area contributed by atoms with Crippen molar-refractivity contribution in [3.8, 4) is 44.9 Å². The van der Waals surface area contributed by atoms with Crippen molar-refractivity contribution in [1.82, 2.24) is 9.97 Å². The van der Waals surface area contributed by atoms with Crippen molar-refractivity contribution in [1.29, 1.82) is 0 Å². The molecule has 0 unspecified atom stereocenters. The minimum atomic E-state index is 0.986. The van der Waals surface area contributed by atoms with E-state index < -0.39 is 0 Å². The maximum atomic E-state index is 5.13. The Bertz CT molecular complexity index is 1670. The number of rotatable bonds is 2. The van der Waals surface area contributed by atoms with Crippen molar-refractivity contribution in [3.05, 3.63) is 109 Å². The predicted octanol–water partition coefficient (Wildman–Crippen LogP) is 7.76. The van der Waals surface area contributed by atoms with E-state index in [4.69, 9.17) is 9.97 Å². The van der Waals surface area contributed by atoms with Crippen LogP contribution in [0.2, 0.25) is 0 Å². The van der Waals surface area contributed by atoms with Gasteiger partial charge in [-0.25, -0.2) is 4.98 Å². The molecule has 0 radical (unpaired) electrons. The summed E-state index contributed by atoms with van der Waals surface area (Å²) in [6, 6.07) is 36.2. The monoisotopic (exact) mass is 406 g/mol. The number of benzene rings is 4. The van der Waals surface area contributed by atoms with E-state index in [2.05, 4.69) is 91.0 Å². The van der Waals surface area contributed by atoms with Crippen molar-refractivity contribution in [2.75, 3.05) is 0 Å². The summed E-state index contributed by atoms with van der Waals surface area (Å²) in [5.74, 6) is 0. The molecule has 0 amide bonds. The van der Waals surface area contributed by atoms with Crippen LogP contribution >= 0.6 is 0 Å². The molecule has 0 aliphatic heterocycles. The Labute approximate surface area is 185 Å². The Morgan fingerprint density at radius 1 is 0.469 bits per heavy atom. The van der Waals surface area contributed by atoms with Gasteiger partial charge in [-0.2, -0.15) is 0 Å². The lowest BCUT2D eigenvalue weighted by atomic mass is 9.90. The maximum Gasteiger partial charge on any atom is 0.0793 e. The van der Waals surface area contributed by atoms with Gasteiger partial charge >= 0.3 is 0 Å². The van der Waals surface area contributed by atoms with E-state index in [-0.39, 0.29) is 0 Å². The molecule has 2 heterocycles. The van der Waals surface area contributed by atoms with Crippen molar-refractivity contribution < 1.29 is 0 Å². The topological polar surface area (TPSA) is 25.8 Å². The molecule has 0 spiro atoms. The second kappa shape index (κ2) is 6.60. The summed E-state index contributed by atoms with van der Waals surface area (Å²) in [5, 5.41) is 4.95. The van der Waals surface area contributed by atoms with E-state index in [1.807, 2.05) is 18.3 Å². The zero-order valence-electron chi connectivity index (χ0n) is 17.3. The predicted molar refractivity (Wildman–Crippen MR) is 132 cm³/mol. The van der Waals surface area contributed by atoms with Gasteiger partial charge in [-0.15, -0.1) is 0 Å². The molecule has 148 valence electrons. The van der Waals surface area contributed by atoms with E-state index in [1.165, 1.54) is 43.8 Å². The molecule has 2 nitrogen and oxygen atoms in total. The summed E-state index contributed by atoms with van der Waals surface area (Å²) in [5.41, 5.74) is 9.08. The zero-order valence-corrected chi connectivity index (χ0v) is 17.3. The Kier molecular flexibility index (Phi) is 3.58. The van der Waals surface area contributed by atoms with Gasteiger partial charge in [0.05, 0.1) is 17.1 Å². The second-order valence-corrected chi connectivity index (χ2v) is 8.20. The molecule has 0 bridgehead atoms. The molecule has 2 heteroatoms. The molecule has 1 aliphatic carbocycles. The third-order valence-corrected chi connectivity index (χ3v) is 6.46. The number of aromatic nitrogens is 2. The van der Waals surface area contributed by atoms with Crippen LogP contribution in [0.1, 0.15) is 0 Å². The highest BCUT2D eigenvalue weighted by Gasteiger charge is 2.27. The first-order valence-corrected chi connectivity index (χ1v) is 10.9. The summed E-state index contributed by atoms with van der Waals surface area (Å²) in [6.07, 6.45) is 1.89. The fraction of sp³-hybridized carbons (Fsp3) is 0. The Hall–Kier alpha value is -4.30. The van der Waals surface area contributed by atoms with Crippen LogP contribution in [0.4, 0.5) is 0 Å². The molecule has 4 aromatic carbocycles. The fourth-order valence-corrected chi connectivity index (χ4v) is 5.14. The van der Waals surface area contributed by atoms with Crippen LogP contribution in [0.3, 0.4) is 0 Å². The van der Waals surface area contributed by atoms with Crippen LogP contribution in [0, 0.1) is 0 Å². The van der Waals surface area contributed by atoms with Crippen LogP contribution in [0.5, 0.6) is 0 Å². The lowest BCUT2D eigenvalue weighted by Crippen LogP contribution is -1.92. The van der Waals surface area contributed by atoms with Gasteiger partial charge in [0.1, 0.15) is 0 Å². The highest BCUT2D eigenvalue weighted by molar-refractivity contribution is 6.28. The number of pyridine rings is 2. The van der Waals surface area contributed by atoms with Gasteiger partial charge < -0.3 is 0 Å².